The highest BCUT2D eigenvalue weighted by molar-refractivity contribution is 6.04. The molecule has 2 aromatic rings. The lowest BCUT2D eigenvalue weighted by atomic mass is 10.0. The van der Waals surface area contributed by atoms with E-state index < -0.39 is 36.5 Å². The Morgan fingerprint density at radius 2 is 1.97 bits per heavy atom. The summed E-state index contributed by atoms with van der Waals surface area (Å²) in [5.41, 5.74) is 1.31. The first kappa shape index (κ1) is 22.3. The van der Waals surface area contributed by atoms with Gasteiger partial charge in [0, 0.05) is 36.5 Å². The van der Waals surface area contributed by atoms with E-state index in [1.165, 1.54) is 0 Å². The summed E-state index contributed by atoms with van der Waals surface area (Å²) in [4.78, 5) is 26.1. The summed E-state index contributed by atoms with van der Waals surface area (Å²) < 4.78 is 17.0. The maximum absolute atomic E-state index is 12.6. The zero-order chi connectivity index (χ0) is 21.5. The van der Waals surface area contributed by atoms with Gasteiger partial charge in [-0.25, -0.2) is 4.79 Å². The average molecular weight is 419 g/mol. The number of ether oxygens (including phenoxy) is 3. The maximum Gasteiger partial charge on any atom is 0.340 e. The number of carboxylic acids is 1. The molecule has 0 bridgehead atoms. The van der Waals surface area contributed by atoms with Crippen LogP contribution in [0.1, 0.15) is 55.8 Å². The molecule has 3 N–H and O–H groups in total. The Bertz CT molecular complexity index is 849. The molecule has 8 nitrogen and oxygen atoms in total. The number of unbranched alkanes of at least 4 members (excludes halogenated alkanes) is 3. The number of hydrogen-bond acceptors (Lipinski definition) is 6. The van der Waals surface area contributed by atoms with E-state index in [0.717, 1.165) is 30.2 Å². The molecule has 1 aliphatic rings. The number of aromatic nitrogens is 1. The Balaban J connectivity index is 1.43. The molecule has 0 saturated carbocycles. The third-order valence-corrected chi connectivity index (χ3v) is 5.29. The number of esters is 1. The summed E-state index contributed by atoms with van der Waals surface area (Å²) in [5, 5.41) is 19.8. The highest BCUT2D eigenvalue weighted by atomic mass is 16.7. The Hall–Kier alpha value is -2.42. The van der Waals surface area contributed by atoms with Crippen LogP contribution < -0.4 is 0 Å². The summed E-state index contributed by atoms with van der Waals surface area (Å²) in [6, 6.07) is 7.48. The number of H-pyrrole nitrogens is 1. The third kappa shape index (κ3) is 5.81. The van der Waals surface area contributed by atoms with Crippen LogP contribution in [0.4, 0.5) is 0 Å². The second-order valence-electron chi connectivity index (χ2n) is 7.63. The molecular formula is C22H29NO7. The fourth-order valence-corrected chi connectivity index (χ4v) is 3.60. The Kier molecular flexibility index (Phi) is 7.84. The van der Waals surface area contributed by atoms with Gasteiger partial charge in [-0.05, 0) is 25.8 Å². The van der Waals surface area contributed by atoms with E-state index >= 15 is 0 Å². The molecular weight excluding hydrogens is 390 g/mol. The fraction of sp³-hybridized carbons (Fsp3) is 0.545. The van der Waals surface area contributed by atoms with Gasteiger partial charge in [0.1, 0.15) is 12.2 Å². The van der Waals surface area contributed by atoms with E-state index in [9.17, 15) is 14.7 Å². The first-order chi connectivity index (χ1) is 14.5. The number of aliphatic hydroxyl groups excluding tert-OH is 1. The number of aromatic amines is 1. The summed E-state index contributed by atoms with van der Waals surface area (Å²) in [5.74, 6) is -1.24. The second kappa shape index (κ2) is 10.6. The van der Waals surface area contributed by atoms with E-state index in [-0.39, 0.29) is 12.8 Å². The predicted octanol–water partition coefficient (Wildman–Crippen LogP) is 3.24. The van der Waals surface area contributed by atoms with Gasteiger partial charge in [-0.1, -0.05) is 31.0 Å². The Morgan fingerprint density at radius 1 is 1.20 bits per heavy atom. The predicted molar refractivity (Wildman–Crippen MR) is 109 cm³/mol. The van der Waals surface area contributed by atoms with Crippen LogP contribution in [0.15, 0.2) is 30.5 Å². The van der Waals surface area contributed by atoms with Gasteiger partial charge in [-0.3, -0.25) is 4.79 Å². The molecule has 8 heteroatoms. The normalized spacial score (nSPS) is 24.1. The molecule has 164 valence electrons. The number of nitrogens with one attached hydrogen (secondary N) is 1. The smallest absolute Gasteiger partial charge is 0.340 e. The summed E-state index contributed by atoms with van der Waals surface area (Å²) in [6.45, 7) is 2.21. The van der Waals surface area contributed by atoms with Crippen LogP contribution in [0.25, 0.3) is 10.9 Å². The quantitative estimate of drug-likeness (QED) is 0.400. The summed E-state index contributed by atoms with van der Waals surface area (Å²) >= 11 is 0. The lowest BCUT2D eigenvalue weighted by Crippen LogP contribution is -2.48. The highest BCUT2D eigenvalue weighted by Crippen LogP contribution is 2.26. The van der Waals surface area contributed by atoms with E-state index in [1.807, 2.05) is 24.3 Å². The molecule has 4 unspecified atom stereocenters. The molecule has 4 atom stereocenters. The number of carbonyl (C=O) groups excluding carboxylic acids is 1. The minimum Gasteiger partial charge on any atom is -0.481 e. The average Bonchev–Trinajstić information content (AvgIpc) is 3.14. The molecule has 0 spiro atoms. The molecule has 1 aromatic carbocycles. The van der Waals surface area contributed by atoms with Crippen molar-refractivity contribution in [1.29, 1.82) is 0 Å². The maximum atomic E-state index is 12.6. The van der Waals surface area contributed by atoms with Crippen molar-refractivity contribution >= 4 is 22.8 Å². The minimum atomic E-state index is -0.894. The van der Waals surface area contributed by atoms with Gasteiger partial charge in [0.15, 0.2) is 6.29 Å². The van der Waals surface area contributed by atoms with Crippen molar-refractivity contribution in [2.24, 2.45) is 0 Å². The molecule has 30 heavy (non-hydrogen) atoms. The highest BCUT2D eigenvalue weighted by Gasteiger charge is 2.38. The Morgan fingerprint density at radius 3 is 2.77 bits per heavy atom. The van der Waals surface area contributed by atoms with Crippen molar-refractivity contribution in [2.75, 3.05) is 6.61 Å². The molecule has 0 aliphatic carbocycles. The SMILES string of the molecule is CC1OC(OCCCCCCC(=O)O)C(O)CC1OC(=O)c1c[nH]c2ccccc12. The zero-order valence-corrected chi connectivity index (χ0v) is 17.1. The van der Waals surface area contributed by atoms with Gasteiger partial charge in [0.25, 0.3) is 0 Å². The van der Waals surface area contributed by atoms with E-state index in [4.69, 9.17) is 19.3 Å². The lowest BCUT2D eigenvalue weighted by molar-refractivity contribution is -0.260. The van der Waals surface area contributed by atoms with Crippen molar-refractivity contribution < 1.29 is 34.0 Å². The van der Waals surface area contributed by atoms with E-state index in [1.54, 1.807) is 13.1 Å². The van der Waals surface area contributed by atoms with Crippen molar-refractivity contribution in [3.63, 3.8) is 0 Å². The number of rotatable bonds is 10. The topological polar surface area (TPSA) is 118 Å². The standard InChI is InChI=1S/C22H29NO7/c1-14-19(30-21(27)16-13-23-17-9-6-5-8-15(16)17)12-18(24)22(29-14)28-11-7-3-2-4-10-20(25)26/h5-6,8-9,13-14,18-19,22-24H,2-4,7,10-12H2,1H3,(H,25,26). The second-order valence-corrected chi connectivity index (χ2v) is 7.63. The van der Waals surface area contributed by atoms with Crippen LogP contribution in [0, 0.1) is 0 Å². The van der Waals surface area contributed by atoms with E-state index in [0.29, 0.717) is 18.6 Å². The monoisotopic (exact) mass is 419 g/mol. The van der Waals surface area contributed by atoms with Gasteiger partial charge in [0.05, 0.1) is 11.7 Å². The van der Waals surface area contributed by atoms with Crippen LogP contribution in [-0.4, -0.2) is 58.3 Å². The summed E-state index contributed by atoms with van der Waals surface area (Å²) in [7, 11) is 0. The van der Waals surface area contributed by atoms with Crippen LogP contribution >= 0.6 is 0 Å². The van der Waals surface area contributed by atoms with Gasteiger partial charge >= 0.3 is 11.9 Å². The first-order valence-corrected chi connectivity index (χ1v) is 10.4. The summed E-state index contributed by atoms with van der Waals surface area (Å²) in [6.07, 6.45) is 2.50. The molecule has 0 radical (unpaired) electrons. The molecule has 3 rings (SSSR count). The van der Waals surface area contributed by atoms with Crippen LogP contribution in [0.3, 0.4) is 0 Å². The molecule has 1 aromatic heterocycles. The zero-order valence-electron chi connectivity index (χ0n) is 17.1. The van der Waals surface area contributed by atoms with Crippen molar-refractivity contribution in [1.82, 2.24) is 4.98 Å². The minimum absolute atomic E-state index is 0.182. The van der Waals surface area contributed by atoms with Crippen molar-refractivity contribution in [2.45, 2.75) is 70.1 Å². The van der Waals surface area contributed by atoms with E-state index in [2.05, 4.69) is 4.98 Å². The first-order valence-electron chi connectivity index (χ1n) is 10.4. The van der Waals surface area contributed by atoms with Crippen molar-refractivity contribution in [3.05, 3.63) is 36.0 Å². The number of carboxylic acid groups (broad SMARTS) is 1. The largest absolute Gasteiger partial charge is 0.481 e. The molecule has 0 amide bonds. The number of para-hydroxylation sites is 1. The fourth-order valence-electron chi connectivity index (χ4n) is 3.60. The van der Waals surface area contributed by atoms with Gasteiger partial charge < -0.3 is 29.4 Å². The number of aliphatic carboxylic acids is 1. The van der Waals surface area contributed by atoms with Crippen molar-refractivity contribution in [3.8, 4) is 0 Å². The Labute approximate surface area is 175 Å². The van der Waals surface area contributed by atoms with Crippen LogP contribution in [0.2, 0.25) is 0 Å². The number of hydrogen-bond donors (Lipinski definition) is 3. The third-order valence-electron chi connectivity index (χ3n) is 5.29. The molecule has 1 saturated heterocycles. The molecule has 1 aliphatic heterocycles. The number of benzene rings is 1. The number of aliphatic hydroxyl groups is 1. The van der Waals surface area contributed by atoms with Gasteiger partial charge in [0.2, 0.25) is 0 Å². The molecule has 1 fully saturated rings. The van der Waals surface area contributed by atoms with Gasteiger partial charge in [-0.2, -0.15) is 0 Å². The van der Waals surface area contributed by atoms with Crippen LogP contribution in [0.5, 0.6) is 0 Å². The van der Waals surface area contributed by atoms with Crippen LogP contribution in [-0.2, 0) is 19.0 Å². The lowest BCUT2D eigenvalue weighted by Gasteiger charge is -2.37. The molecule has 2 heterocycles. The number of carbonyl (C=O) groups is 2. The number of fused-ring (bicyclic) bond motifs is 1. The van der Waals surface area contributed by atoms with Gasteiger partial charge in [-0.15, -0.1) is 0 Å².